The molecule has 1 fully saturated rings. The zero-order valence-electron chi connectivity index (χ0n) is 11.3. The third-order valence-electron chi connectivity index (χ3n) is 2.68. The van der Waals surface area contributed by atoms with Crippen molar-refractivity contribution in [2.24, 2.45) is 5.73 Å². The molecule has 0 bridgehead atoms. The van der Waals surface area contributed by atoms with E-state index in [-0.39, 0.29) is 31.0 Å². The van der Waals surface area contributed by atoms with Gasteiger partial charge in [-0.05, 0) is 14.1 Å². The standard InChI is InChI=1S/C11H23N3O3.ClH/c1-13(2)6-9-7-14(4-5-17-9)11(15)10(12)8-16-3;/h9-10H,4-8,12H2,1-3H3;1H. The van der Waals surface area contributed by atoms with Gasteiger partial charge in [-0.1, -0.05) is 0 Å². The number of methoxy groups -OCH3 is 1. The molecule has 18 heavy (non-hydrogen) atoms. The highest BCUT2D eigenvalue weighted by Gasteiger charge is 2.27. The van der Waals surface area contributed by atoms with Gasteiger partial charge in [-0.25, -0.2) is 0 Å². The second-order valence-electron chi connectivity index (χ2n) is 4.60. The maximum atomic E-state index is 12.0. The van der Waals surface area contributed by atoms with E-state index in [4.69, 9.17) is 15.2 Å². The van der Waals surface area contributed by atoms with Crippen LogP contribution in [0.4, 0.5) is 0 Å². The van der Waals surface area contributed by atoms with Crippen LogP contribution in [0.2, 0.25) is 0 Å². The molecule has 2 N–H and O–H groups in total. The van der Waals surface area contributed by atoms with Crippen LogP contribution in [0.1, 0.15) is 0 Å². The number of likely N-dealkylation sites (N-methyl/N-ethyl adjacent to an activating group) is 1. The first-order chi connectivity index (χ1) is 8.04. The van der Waals surface area contributed by atoms with Gasteiger partial charge in [-0.3, -0.25) is 4.79 Å². The third-order valence-corrected chi connectivity index (χ3v) is 2.68. The molecule has 0 aromatic heterocycles. The fourth-order valence-electron chi connectivity index (χ4n) is 1.92. The minimum absolute atomic E-state index is 0. The summed E-state index contributed by atoms with van der Waals surface area (Å²) in [6.07, 6.45) is 0.0671. The zero-order valence-corrected chi connectivity index (χ0v) is 12.1. The predicted molar refractivity (Wildman–Crippen MR) is 72.0 cm³/mol. The molecule has 0 radical (unpaired) electrons. The lowest BCUT2D eigenvalue weighted by Crippen LogP contribution is -2.54. The number of morpholine rings is 1. The van der Waals surface area contributed by atoms with Crippen LogP contribution < -0.4 is 5.73 Å². The van der Waals surface area contributed by atoms with E-state index in [0.717, 1.165) is 6.54 Å². The van der Waals surface area contributed by atoms with Crippen molar-refractivity contribution in [2.75, 3.05) is 54.1 Å². The molecule has 2 atom stereocenters. The first-order valence-electron chi connectivity index (χ1n) is 5.84. The van der Waals surface area contributed by atoms with Crippen LogP contribution in [0.3, 0.4) is 0 Å². The fraction of sp³-hybridized carbons (Fsp3) is 0.909. The maximum Gasteiger partial charge on any atom is 0.242 e. The molecule has 0 spiro atoms. The summed E-state index contributed by atoms with van der Waals surface area (Å²) in [7, 11) is 5.52. The summed E-state index contributed by atoms with van der Waals surface area (Å²) in [5, 5.41) is 0. The molecule has 0 aromatic carbocycles. The van der Waals surface area contributed by atoms with Crippen molar-refractivity contribution >= 4 is 18.3 Å². The van der Waals surface area contributed by atoms with Crippen molar-refractivity contribution in [2.45, 2.75) is 12.1 Å². The van der Waals surface area contributed by atoms with E-state index in [1.165, 1.54) is 0 Å². The average molecular weight is 282 g/mol. The van der Waals surface area contributed by atoms with E-state index in [1.807, 2.05) is 19.0 Å². The van der Waals surface area contributed by atoms with Gasteiger partial charge < -0.3 is 25.0 Å². The van der Waals surface area contributed by atoms with E-state index < -0.39 is 6.04 Å². The van der Waals surface area contributed by atoms with Crippen molar-refractivity contribution in [3.8, 4) is 0 Å². The minimum Gasteiger partial charge on any atom is -0.383 e. The summed E-state index contributed by atoms with van der Waals surface area (Å²) in [5.41, 5.74) is 5.74. The second kappa shape index (κ2) is 8.66. The number of hydrogen-bond acceptors (Lipinski definition) is 5. The second-order valence-corrected chi connectivity index (χ2v) is 4.60. The van der Waals surface area contributed by atoms with Crippen LogP contribution >= 0.6 is 12.4 Å². The Morgan fingerprint density at radius 3 is 2.83 bits per heavy atom. The Balaban J connectivity index is 0.00000289. The van der Waals surface area contributed by atoms with Crippen LogP contribution in [0.5, 0.6) is 0 Å². The number of ether oxygens (including phenoxy) is 2. The van der Waals surface area contributed by atoms with Crippen molar-refractivity contribution in [1.29, 1.82) is 0 Å². The van der Waals surface area contributed by atoms with Crippen LogP contribution in [0.25, 0.3) is 0 Å². The Hall–Kier alpha value is -0.400. The molecule has 1 aliphatic heterocycles. The summed E-state index contributed by atoms with van der Waals surface area (Å²) in [6.45, 7) is 2.86. The SMILES string of the molecule is COCC(N)C(=O)N1CCOC(CN(C)C)C1.Cl. The molecule has 1 heterocycles. The monoisotopic (exact) mass is 281 g/mol. The van der Waals surface area contributed by atoms with Gasteiger partial charge in [0.1, 0.15) is 6.04 Å². The minimum atomic E-state index is -0.571. The summed E-state index contributed by atoms with van der Waals surface area (Å²) in [5.74, 6) is -0.0566. The number of carbonyl (C=O) groups is 1. The quantitative estimate of drug-likeness (QED) is 0.713. The maximum absolute atomic E-state index is 12.0. The third kappa shape index (κ3) is 5.49. The first-order valence-corrected chi connectivity index (χ1v) is 5.84. The molecule has 2 unspecified atom stereocenters. The molecule has 1 rings (SSSR count). The Kier molecular flexibility index (Phi) is 8.47. The molecule has 0 aliphatic carbocycles. The van der Waals surface area contributed by atoms with Gasteiger partial charge in [0.15, 0.2) is 0 Å². The van der Waals surface area contributed by atoms with Gasteiger partial charge in [0.2, 0.25) is 5.91 Å². The van der Waals surface area contributed by atoms with Gasteiger partial charge in [0.25, 0.3) is 0 Å². The van der Waals surface area contributed by atoms with Crippen LogP contribution in [-0.2, 0) is 14.3 Å². The van der Waals surface area contributed by atoms with Gasteiger partial charge in [-0.2, -0.15) is 0 Å². The molecule has 1 saturated heterocycles. The molecular weight excluding hydrogens is 258 g/mol. The van der Waals surface area contributed by atoms with Crippen molar-refractivity contribution in [1.82, 2.24) is 9.80 Å². The fourth-order valence-corrected chi connectivity index (χ4v) is 1.92. The summed E-state index contributed by atoms with van der Waals surface area (Å²) >= 11 is 0. The van der Waals surface area contributed by atoms with Gasteiger partial charge >= 0.3 is 0 Å². The number of rotatable bonds is 5. The van der Waals surface area contributed by atoms with Gasteiger partial charge in [-0.15, -0.1) is 12.4 Å². The molecule has 0 saturated carbocycles. The zero-order chi connectivity index (χ0) is 12.8. The largest absolute Gasteiger partial charge is 0.383 e. The number of amides is 1. The van der Waals surface area contributed by atoms with Crippen LogP contribution in [-0.4, -0.2) is 81.9 Å². The van der Waals surface area contributed by atoms with E-state index in [1.54, 1.807) is 12.0 Å². The smallest absolute Gasteiger partial charge is 0.242 e. The Labute approximate surface area is 115 Å². The summed E-state index contributed by atoms with van der Waals surface area (Å²) in [6, 6.07) is -0.571. The lowest BCUT2D eigenvalue weighted by molar-refractivity contribution is -0.141. The van der Waals surface area contributed by atoms with E-state index in [0.29, 0.717) is 19.7 Å². The van der Waals surface area contributed by atoms with Crippen molar-refractivity contribution in [3.63, 3.8) is 0 Å². The van der Waals surface area contributed by atoms with Crippen LogP contribution in [0.15, 0.2) is 0 Å². The lowest BCUT2D eigenvalue weighted by Gasteiger charge is -2.35. The van der Waals surface area contributed by atoms with Gasteiger partial charge in [0, 0.05) is 26.7 Å². The van der Waals surface area contributed by atoms with Crippen molar-refractivity contribution < 1.29 is 14.3 Å². The Morgan fingerprint density at radius 2 is 2.28 bits per heavy atom. The van der Waals surface area contributed by atoms with Gasteiger partial charge in [0.05, 0.1) is 19.3 Å². The number of halogens is 1. The van der Waals surface area contributed by atoms with Crippen molar-refractivity contribution in [3.05, 3.63) is 0 Å². The Bertz CT molecular complexity index is 254. The normalized spacial score (nSPS) is 21.6. The predicted octanol–water partition coefficient (Wildman–Crippen LogP) is -0.829. The van der Waals surface area contributed by atoms with E-state index >= 15 is 0 Å². The molecule has 1 amide bonds. The molecule has 7 heteroatoms. The number of carbonyl (C=O) groups excluding carboxylic acids is 1. The number of hydrogen-bond donors (Lipinski definition) is 1. The molecule has 1 aliphatic rings. The number of nitrogens with two attached hydrogens (primary N) is 1. The average Bonchev–Trinajstić information content (AvgIpc) is 2.28. The molecule has 108 valence electrons. The first kappa shape index (κ1) is 17.6. The number of nitrogens with zero attached hydrogens (tertiary/aromatic N) is 2. The van der Waals surface area contributed by atoms with Crippen LogP contribution in [0, 0.1) is 0 Å². The van der Waals surface area contributed by atoms with E-state index in [9.17, 15) is 4.79 Å². The lowest BCUT2D eigenvalue weighted by atomic mass is 10.2. The summed E-state index contributed by atoms with van der Waals surface area (Å²) in [4.78, 5) is 15.8. The molecular formula is C11H24ClN3O3. The highest BCUT2D eigenvalue weighted by atomic mass is 35.5. The van der Waals surface area contributed by atoms with E-state index in [2.05, 4.69) is 0 Å². The molecule has 6 nitrogen and oxygen atoms in total. The topological polar surface area (TPSA) is 68.0 Å². The summed E-state index contributed by atoms with van der Waals surface area (Å²) < 4.78 is 10.5. The Morgan fingerprint density at radius 1 is 1.61 bits per heavy atom. The highest BCUT2D eigenvalue weighted by molar-refractivity contribution is 5.85. The highest BCUT2D eigenvalue weighted by Crippen LogP contribution is 2.07. The molecule has 0 aromatic rings.